The molecule has 0 unspecified atom stereocenters. The zero-order valence-corrected chi connectivity index (χ0v) is 15.1. The molecule has 0 aliphatic carbocycles. The molecule has 0 aromatic heterocycles. The Bertz CT molecular complexity index is 692. The van der Waals surface area contributed by atoms with Gasteiger partial charge in [0, 0.05) is 0 Å². The maximum atomic E-state index is 13.8. The van der Waals surface area contributed by atoms with Crippen LogP contribution in [0.1, 0.15) is 5.56 Å². The van der Waals surface area contributed by atoms with Crippen LogP contribution in [0, 0.1) is 0 Å². The predicted octanol–water partition coefficient (Wildman–Crippen LogP) is 5.09. The molecule has 1 aliphatic heterocycles. The van der Waals surface area contributed by atoms with Crippen LogP contribution in [-0.2, 0) is 18.1 Å². The molecule has 1 aromatic rings. The molecule has 0 amide bonds. The van der Waals surface area contributed by atoms with Gasteiger partial charge in [0.1, 0.15) is 0 Å². The molecule has 5 nitrogen and oxygen atoms in total. The van der Waals surface area contributed by atoms with Crippen molar-refractivity contribution in [1.29, 1.82) is 0 Å². The summed E-state index contributed by atoms with van der Waals surface area (Å²) in [5, 5.41) is -4.70. The minimum absolute atomic E-state index is 0.202. The van der Waals surface area contributed by atoms with Crippen LogP contribution in [-0.4, -0.2) is 44.9 Å². The molecule has 1 aromatic carbocycles. The molecule has 0 fully saturated rings. The van der Waals surface area contributed by atoms with Crippen LogP contribution < -0.4 is 0 Å². The second kappa shape index (κ2) is 6.20. The molecule has 0 bridgehead atoms. The Morgan fingerprint density at radius 1 is 0.923 bits per heavy atom. The van der Waals surface area contributed by atoms with Crippen molar-refractivity contribution in [3.63, 3.8) is 0 Å². The Morgan fingerprint density at radius 2 is 1.35 bits per heavy atom. The van der Waals surface area contributed by atoms with Crippen molar-refractivity contribution in [3.8, 4) is 0 Å². The molecule has 148 valence electrons. The number of aliphatic imine (C=N–C) groups is 1. The molecular formula is C13H13ClF6NO4P. The fourth-order valence-electron chi connectivity index (χ4n) is 2.61. The Labute approximate surface area is 149 Å². The average molecular weight is 428 g/mol. The van der Waals surface area contributed by atoms with Gasteiger partial charge in [-0.3, -0.25) is 0 Å². The molecule has 1 heterocycles. The monoisotopic (exact) mass is 427 g/mol. The summed E-state index contributed by atoms with van der Waals surface area (Å²) in [6.45, 7) is 0. The van der Waals surface area contributed by atoms with Crippen LogP contribution in [0.3, 0.4) is 0 Å². The summed E-state index contributed by atoms with van der Waals surface area (Å²) in [4.78, 5) is 2.88. The topological polar surface area (TPSA) is 49.3 Å². The summed E-state index contributed by atoms with van der Waals surface area (Å²) < 4.78 is 102. The van der Waals surface area contributed by atoms with Crippen LogP contribution >= 0.6 is 19.1 Å². The van der Waals surface area contributed by atoms with Crippen molar-refractivity contribution in [2.45, 2.75) is 17.6 Å². The zero-order valence-electron chi connectivity index (χ0n) is 13.5. The number of nitrogens with zero attached hydrogens (tertiary/aromatic N) is 1. The molecule has 0 spiro atoms. The number of halogens is 7. The van der Waals surface area contributed by atoms with Gasteiger partial charge in [-0.15, -0.1) is 0 Å². The molecule has 2 rings (SSSR count). The average Bonchev–Trinajstić information content (AvgIpc) is 2.90. The Kier molecular flexibility index (Phi) is 5.05. The summed E-state index contributed by atoms with van der Waals surface area (Å²) in [6, 6.07) is 4.75. The van der Waals surface area contributed by atoms with Crippen molar-refractivity contribution in [1.82, 2.24) is 0 Å². The van der Waals surface area contributed by atoms with Crippen LogP contribution in [0.15, 0.2) is 29.3 Å². The van der Waals surface area contributed by atoms with Gasteiger partial charge in [-0.25, -0.2) is 0 Å². The van der Waals surface area contributed by atoms with E-state index in [9.17, 15) is 26.3 Å². The van der Waals surface area contributed by atoms with Gasteiger partial charge in [-0.1, -0.05) is 0 Å². The zero-order chi connectivity index (χ0) is 20.0. The standard InChI is InChI=1S/C13H13ClF6NO4P/c1-22-26(23-2,24-3)11(12(15,16)17,13(18,19)20)21-10(25-26)8-4-6-9(14)7-5-8/h4-7H,1-3H3. The number of hydrogen-bond acceptors (Lipinski definition) is 5. The number of hydrogen-bond donors (Lipinski definition) is 0. The third-order valence-corrected chi connectivity index (χ3v) is 8.16. The first-order valence-corrected chi connectivity index (χ1v) is 9.01. The van der Waals surface area contributed by atoms with Gasteiger partial charge in [-0.2, -0.15) is 0 Å². The van der Waals surface area contributed by atoms with Gasteiger partial charge in [0.05, 0.1) is 0 Å². The van der Waals surface area contributed by atoms with Crippen molar-refractivity contribution in [2.75, 3.05) is 21.3 Å². The molecule has 0 radical (unpaired) electrons. The number of rotatable bonds is 4. The Balaban J connectivity index is 2.90. The van der Waals surface area contributed by atoms with E-state index in [2.05, 4.69) is 18.6 Å². The summed E-state index contributed by atoms with van der Waals surface area (Å²) >= 11 is 5.68. The first kappa shape index (κ1) is 21.2. The second-order valence-corrected chi connectivity index (χ2v) is 9.03. The summed E-state index contributed by atoms with van der Waals surface area (Å²) in [5.74, 6) is -1.00. The van der Waals surface area contributed by atoms with Crippen molar-refractivity contribution in [3.05, 3.63) is 34.9 Å². The van der Waals surface area contributed by atoms with Gasteiger partial charge >= 0.3 is 148 Å². The van der Waals surface area contributed by atoms with Crippen molar-refractivity contribution < 1.29 is 44.4 Å². The number of benzene rings is 1. The molecule has 0 saturated carbocycles. The van der Waals surface area contributed by atoms with Gasteiger partial charge in [0.25, 0.3) is 0 Å². The van der Waals surface area contributed by atoms with Crippen LogP contribution in [0.25, 0.3) is 0 Å². The minimum atomic E-state index is -6.41. The molecule has 0 N–H and O–H groups in total. The van der Waals surface area contributed by atoms with Crippen LogP contribution in [0.5, 0.6) is 0 Å². The molecule has 13 heteroatoms. The van der Waals surface area contributed by atoms with Crippen molar-refractivity contribution >= 4 is 25.0 Å². The normalized spacial score (nSPS) is 22.8. The summed E-state index contributed by atoms with van der Waals surface area (Å²) in [7, 11) is -4.70. The third-order valence-electron chi connectivity index (χ3n) is 3.86. The molecule has 1 aliphatic rings. The van der Waals surface area contributed by atoms with Gasteiger partial charge in [0.15, 0.2) is 0 Å². The fourth-order valence-corrected chi connectivity index (χ4v) is 5.86. The van der Waals surface area contributed by atoms with Gasteiger partial charge < -0.3 is 0 Å². The molecule has 0 atom stereocenters. The SMILES string of the molecule is COP1(OC)(OC)OC(c2ccc(Cl)cc2)=NC1(C(F)(F)F)C(F)(F)F. The van der Waals surface area contributed by atoms with E-state index in [1.165, 1.54) is 12.1 Å². The number of alkyl halides is 6. The van der Waals surface area contributed by atoms with Crippen LogP contribution in [0.4, 0.5) is 26.3 Å². The van der Waals surface area contributed by atoms with E-state index in [0.717, 1.165) is 12.1 Å². The Morgan fingerprint density at radius 3 is 1.65 bits per heavy atom. The van der Waals surface area contributed by atoms with E-state index in [1.807, 2.05) is 0 Å². The second-order valence-electron chi connectivity index (χ2n) is 5.04. The summed E-state index contributed by atoms with van der Waals surface area (Å²) in [6.07, 6.45) is -12.0. The van der Waals surface area contributed by atoms with E-state index in [0.29, 0.717) is 21.3 Å². The quantitative estimate of drug-likeness (QED) is 0.496. The van der Waals surface area contributed by atoms with E-state index < -0.39 is 31.0 Å². The first-order valence-electron chi connectivity index (χ1n) is 6.72. The first-order chi connectivity index (χ1) is 11.8. The maximum absolute atomic E-state index is 13.8. The van der Waals surface area contributed by atoms with E-state index in [-0.39, 0.29) is 10.6 Å². The Hall–Kier alpha value is -1.13. The van der Waals surface area contributed by atoms with Crippen molar-refractivity contribution in [2.24, 2.45) is 4.99 Å². The van der Waals surface area contributed by atoms with Crippen LogP contribution in [0.2, 0.25) is 5.02 Å². The fraction of sp³-hybridized carbons (Fsp3) is 0.462. The molecular weight excluding hydrogens is 415 g/mol. The van der Waals surface area contributed by atoms with E-state index in [4.69, 9.17) is 16.1 Å². The molecule has 26 heavy (non-hydrogen) atoms. The molecule has 0 saturated heterocycles. The summed E-state index contributed by atoms with van der Waals surface area (Å²) in [5.41, 5.74) is -0.204. The van der Waals surface area contributed by atoms with E-state index >= 15 is 0 Å². The third kappa shape index (κ3) is 2.52. The van der Waals surface area contributed by atoms with E-state index in [1.54, 1.807) is 0 Å². The predicted molar refractivity (Wildman–Crippen MR) is 81.9 cm³/mol. The van der Waals surface area contributed by atoms with Gasteiger partial charge in [0.2, 0.25) is 0 Å². The van der Waals surface area contributed by atoms with Gasteiger partial charge in [-0.05, 0) is 0 Å².